The lowest BCUT2D eigenvalue weighted by atomic mass is 10.5. The Morgan fingerprint density at radius 1 is 1.47 bits per heavy atom. The first-order valence-corrected chi connectivity index (χ1v) is 7.22. The second-order valence-electron chi connectivity index (χ2n) is 3.37. The lowest BCUT2D eigenvalue weighted by molar-refractivity contribution is -0.142. The van der Waals surface area contributed by atoms with Gasteiger partial charge in [-0.1, -0.05) is 23.1 Å². The topological polar surface area (TPSA) is 90.4 Å². The molecule has 0 aliphatic rings. The van der Waals surface area contributed by atoms with Crippen LogP contribution in [-0.2, 0) is 19.1 Å². The molecule has 0 aromatic carbocycles. The van der Waals surface area contributed by atoms with Gasteiger partial charge in [0.2, 0.25) is 5.13 Å². The van der Waals surface area contributed by atoms with Crippen molar-refractivity contribution >= 4 is 40.1 Å². The zero-order valence-electron chi connectivity index (χ0n) is 10.8. The number of amides is 1. The fourth-order valence-electron chi connectivity index (χ4n) is 1.05. The highest BCUT2D eigenvalue weighted by molar-refractivity contribution is 8.02. The molecule has 1 atom stereocenters. The van der Waals surface area contributed by atoms with E-state index in [0.29, 0.717) is 16.1 Å². The fraction of sp³-hybridized carbons (Fsp3) is 0.600. The summed E-state index contributed by atoms with van der Waals surface area (Å²) in [6, 6.07) is 0. The third-order valence-electron chi connectivity index (χ3n) is 1.82. The number of rotatable bonds is 7. The fourth-order valence-corrected chi connectivity index (χ4v) is 2.96. The maximum Gasteiger partial charge on any atom is 0.319 e. The first-order valence-electron chi connectivity index (χ1n) is 5.52. The summed E-state index contributed by atoms with van der Waals surface area (Å²) < 4.78 is 10.2. The average Bonchev–Trinajstić information content (AvgIpc) is 2.77. The van der Waals surface area contributed by atoms with Gasteiger partial charge in [0.1, 0.15) is 11.9 Å². The zero-order chi connectivity index (χ0) is 14.3. The van der Waals surface area contributed by atoms with Gasteiger partial charge in [0, 0.05) is 7.11 Å². The highest BCUT2D eigenvalue weighted by Crippen LogP contribution is 2.29. The quantitative estimate of drug-likeness (QED) is 0.459. The molecule has 7 nitrogen and oxygen atoms in total. The zero-order valence-corrected chi connectivity index (χ0v) is 12.5. The number of thioether (sulfide) groups is 1. The lowest BCUT2D eigenvalue weighted by Crippen LogP contribution is -2.16. The Kier molecular flexibility index (Phi) is 6.74. The standard InChI is InChI=1S/C10H15N3O4S2/c1-4-17-8(15)6(2)18-10-13-12-9(19-10)11-7(14)5-16-3/h6H,4-5H2,1-3H3,(H,11,12,14). The summed E-state index contributed by atoms with van der Waals surface area (Å²) in [6.07, 6.45) is 0. The van der Waals surface area contributed by atoms with E-state index in [1.807, 2.05) is 0 Å². The van der Waals surface area contributed by atoms with E-state index in [4.69, 9.17) is 4.74 Å². The van der Waals surface area contributed by atoms with E-state index in [2.05, 4.69) is 20.3 Å². The van der Waals surface area contributed by atoms with E-state index >= 15 is 0 Å². The highest BCUT2D eigenvalue weighted by Gasteiger charge is 2.18. The molecule has 0 fully saturated rings. The first-order chi connectivity index (χ1) is 9.06. The van der Waals surface area contributed by atoms with E-state index in [1.54, 1.807) is 13.8 Å². The van der Waals surface area contributed by atoms with Crippen molar-refractivity contribution in [1.29, 1.82) is 0 Å². The number of nitrogens with zero attached hydrogens (tertiary/aromatic N) is 2. The van der Waals surface area contributed by atoms with Crippen molar-refractivity contribution in [2.75, 3.05) is 25.6 Å². The van der Waals surface area contributed by atoms with Crippen molar-refractivity contribution in [2.45, 2.75) is 23.4 Å². The summed E-state index contributed by atoms with van der Waals surface area (Å²) in [4.78, 5) is 22.7. The molecule has 0 saturated carbocycles. The van der Waals surface area contributed by atoms with E-state index in [9.17, 15) is 9.59 Å². The molecule has 1 heterocycles. The van der Waals surface area contributed by atoms with Crippen LogP contribution in [0.4, 0.5) is 5.13 Å². The van der Waals surface area contributed by atoms with Gasteiger partial charge in [0.05, 0.1) is 6.61 Å². The number of hydrogen-bond donors (Lipinski definition) is 1. The van der Waals surface area contributed by atoms with Crippen LogP contribution >= 0.6 is 23.1 Å². The molecule has 1 rings (SSSR count). The second kappa shape index (κ2) is 8.08. The van der Waals surface area contributed by atoms with Crippen LogP contribution in [0, 0.1) is 0 Å². The molecule has 106 valence electrons. The van der Waals surface area contributed by atoms with Gasteiger partial charge in [0.15, 0.2) is 4.34 Å². The molecule has 0 bridgehead atoms. The van der Waals surface area contributed by atoms with Crippen LogP contribution in [0.2, 0.25) is 0 Å². The summed E-state index contributed by atoms with van der Waals surface area (Å²) in [5.41, 5.74) is 0. The number of methoxy groups -OCH3 is 1. The van der Waals surface area contributed by atoms with Gasteiger partial charge in [0.25, 0.3) is 5.91 Å². The molecule has 19 heavy (non-hydrogen) atoms. The smallest absolute Gasteiger partial charge is 0.319 e. The van der Waals surface area contributed by atoms with Gasteiger partial charge in [-0.2, -0.15) is 0 Å². The van der Waals surface area contributed by atoms with Crippen molar-refractivity contribution in [1.82, 2.24) is 10.2 Å². The van der Waals surface area contributed by atoms with E-state index in [-0.39, 0.29) is 23.7 Å². The molecular formula is C10H15N3O4S2. The molecule has 0 saturated heterocycles. The number of carbonyl (C=O) groups excluding carboxylic acids is 2. The Bertz CT molecular complexity index is 438. The van der Waals surface area contributed by atoms with E-state index < -0.39 is 0 Å². The molecule has 1 aromatic rings. The number of ether oxygens (including phenoxy) is 2. The Morgan fingerprint density at radius 3 is 2.84 bits per heavy atom. The van der Waals surface area contributed by atoms with E-state index in [0.717, 1.165) is 0 Å². The van der Waals surface area contributed by atoms with Crippen LogP contribution in [0.1, 0.15) is 13.8 Å². The van der Waals surface area contributed by atoms with Crippen molar-refractivity contribution in [3.8, 4) is 0 Å². The third-order valence-corrected chi connectivity index (χ3v) is 3.83. The van der Waals surface area contributed by atoms with Crippen molar-refractivity contribution in [3.63, 3.8) is 0 Å². The molecule has 0 aliphatic heterocycles. The predicted molar refractivity (Wildman–Crippen MR) is 72.4 cm³/mol. The van der Waals surface area contributed by atoms with Crippen molar-refractivity contribution < 1.29 is 19.1 Å². The van der Waals surface area contributed by atoms with Gasteiger partial charge >= 0.3 is 5.97 Å². The molecule has 9 heteroatoms. The molecule has 1 amide bonds. The lowest BCUT2D eigenvalue weighted by Gasteiger charge is -2.06. The number of nitrogens with one attached hydrogen (secondary N) is 1. The third kappa shape index (κ3) is 5.53. The van der Waals surface area contributed by atoms with Gasteiger partial charge in [-0.05, 0) is 13.8 Å². The SMILES string of the molecule is CCOC(=O)C(C)Sc1nnc(NC(=O)COC)s1. The maximum absolute atomic E-state index is 11.4. The molecule has 0 radical (unpaired) electrons. The Balaban J connectivity index is 2.50. The molecule has 1 N–H and O–H groups in total. The number of anilines is 1. The summed E-state index contributed by atoms with van der Waals surface area (Å²) >= 11 is 2.44. The Labute approximate surface area is 119 Å². The van der Waals surface area contributed by atoms with Gasteiger partial charge in [-0.3, -0.25) is 14.9 Å². The maximum atomic E-state index is 11.4. The van der Waals surface area contributed by atoms with Crippen LogP contribution in [0.25, 0.3) is 0 Å². The first kappa shape index (κ1) is 15.9. The van der Waals surface area contributed by atoms with Crippen molar-refractivity contribution in [2.24, 2.45) is 0 Å². The summed E-state index contributed by atoms with van der Waals surface area (Å²) in [5.74, 6) is -0.596. The van der Waals surface area contributed by atoms with Gasteiger partial charge in [-0.15, -0.1) is 10.2 Å². The Morgan fingerprint density at radius 2 is 2.21 bits per heavy atom. The van der Waals surface area contributed by atoms with Crippen molar-refractivity contribution in [3.05, 3.63) is 0 Å². The molecular weight excluding hydrogens is 290 g/mol. The van der Waals surface area contributed by atoms with Crippen LogP contribution in [-0.4, -0.2) is 47.6 Å². The molecule has 1 unspecified atom stereocenters. The van der Waals surface area contributed by atoms with Crippen LogP contribution in [0.3, 0.4) is 0 Å². The number of esters is 1. The number of aromatic nitrogens is 2. The monoisotopic (exact) mass is 305 g/mol. The number of hydrogen-bond acceptors (Lipinski definition) is 8. The predicted octanol–water partition coefficient (Wildman–Crippen LogP) is 1.17. The normalized spacial score (nSPS) is 11.9. The second-order valence-corrected chi connectivity index (χ2v) is 5.93. The summed E-state index contributed by atoms with van der Waals surface area (Å²) in [7, 11) is 1.43. The van der Waals surface area contributed by atoms with Gasteiger partial charge in [-0.25, -0.2) is 0 Å². The number of carbonyl (C=O) groups is 2. The molecule has 0 spiro atoms. The summed E-state index contributed by atoms with van der Waals surface area (Å²) in [5, 5.41) is 10.2. The minimum atomic E-state index is -0.365. The average molecular weight is 305 g/mol. The van der Waals surface area contributed by atoms with E-state index in [1.165, 1.54) is 30.2 Å². The van der Waals surface area contributed by atoms with Crippen LogP contribution in [0.15, 0.2) is 4.34 Å². The van der Waals surface area contributed by atoms with Crippen LogP contribution < -0.4 is 5.32 Å². The Hall–Kier alpha value is -1.19. The minimum absolute atomic E-state index is 0.0404. The highest BCUT2D eigenvalue weighted by atomic mass is 32.2. The minimum Gasteiger partial charge on any atom is -0.465 e. The largest absolute Gasteiger partial charge is 0.465 e. The molecule has 0 aliphatic carbocycles. The molecule has 1 aromatic heterocycles. The van der Waals surface area contributed by atoms with Gasteiger partial charge < -0.3 is 9.47 Å². The van der Waals surface area contributed by atoms with Crippen LogP contribution in [0.5, 0.6) is 0 Å². The summed E-state index contributed by atoms with van der Waals surface area (Å²) in [6.45, 7) is 3.79.